The van der Waals surface area contributed by atoms with E-state index in [0.717, 1.165) is 37.8 Å². The van der Waals surface area contributed by atoms with Crippen molar-refractivity contribution >= 4 is 0 Å². The van der Waals surface area contributed by atoms with Gasteiger partial charge in [0.05, 0.1) is 11.2 Å². The molecule has 1 N–H and O–H groups in total. The number of hydrogen-bond donors (Lipinski definition) is 1. The van der Waals surface area contributed by atoms with Gasteiger partial charge in [0.1, 0.15) is 0 Å². The molecular weight excluding hydrogens is 198 g/mol. The summed E-state index contributed by atoms with van der Waals surface area (Å²) in [6, 6.07) is 0. The molecule has 2 aliphatic carbocycles. The summed E-state index contributed by atoms with van der Waals surface area (Å²) in [4.78, 5) is 0. The van der Waals surface area contributed by atoms with E-state index in [2.05, 4.69) is 19.2 Å². The van der Waals surface area contributed by atoms with Gasteiger partial charge in [-0.1, -0.05) is 13.8 Å². The number of ether oxygens (including phenoxy) is 1. The van der Waals surface area contributed by atoms with E-state index in [0.29, 0.717) is 0 Å². The maximum Gasteiger partial charge on any atom is 0.0845 e. The third kappa shape index (κ3) is 1.46. The van der Waals surface area contributed by atoms with Crippen LogP contribution in [0.3, 0.4) is 0 Å². The fraction of sp³-hybridized carbons (Fsp3) is 1.00. The van der Waals surface area contributed by atoms with Crippen molar-refractivity contribution in [3.8, 4) is 0 Å². The van der Waals surface area contributed by atoms with Crippen molar-refractivity contribution in [2.75, 3.05) is 13.1 Å². The summed E-state index contributed by atoms with van der Waals surface area (Å²) in [5, 5.41) is 3.67. The predicted molar refractivity (Wildman–Crippen MR) is 65.4 cm³/mol. The van der Waals surface area contributed by atoms with E-state index in [4.69, 9.17) is 4.74 Å². The van der Waals surface area contributed by atoms with Gasteiger partial charge in [-0.25, -0.2) is 0 Å². The van der Waals surface area contributed by atoms with Crippen LogP contribution in [0.1, 0.15) is 52.4 Å². The minimum Gasteiger partial charge on any atom is -0.366 e. The normalized spacial score (nSPS) is 45.4. The molecule has 3 unspecified atom stereocenters. The first-order chi connectivity index (χ1) is 7.72. The summed E-state index contributed by atoms with van der Waals surface area (Å²) < 4.78 is 6.69. The average Bonchev–Trinajstić information content (AvgIpc) is 2.89. The Balaban J connectivity index is 1.81. The molecule has 0 aromatic rings. The van der Waals surface area contributed by atoms with Gasteiger partial charge in [0.2, 0.25) is 0 Å². The lowest BCUT2D eigenvalue weighted by Gasteiger charge is -2.50. The molecule has 3 fully saturated rings. The molecule has 0 aromatic carbocycles. The van der Waals surface area contributed by atoms with E-state index >= 15 is 0 Å². The summed E-state index contributed by atoms with van der Waals surface area (Å²) in [6.45, 7) is 6.71. The zero-order valence-electron chi connectivity index (χ0n) is 10.7. The standard InChI is InChI=1S/C14H25NO/c1-3-13(4-2)9-15-10-14(16-13)8-11-5-6-12(14)7-11/h11-12,15H,3-10H2,1-2H3. The molecule has 3 aliphatic rings. The Morgan fingerprint density at radius 1 is 1.19 bits per heavy atom. The van der Waals surface area contributed by atoms with Crippen LogP contribution < -0.4 is 5.32 Å². The van der Waals surface area contributed by atoms with Gasteiger partial charge in [0.25, 0.3) is 0 Å². The van der Waals surface area contributed by atoms with Crippen molar-refractivity contribution in [1.29, 1.82) is 0 Å². The zero-order chi connectivity index (χ0) is 11.2. The van der Waals surface area contributed by atoms with Gasteiger partial charge in [0.15, 0.2) is 0 Å². The third-order valence-electron chi connectivity index (χ3n) is 5.50. The van der Waals surface area contributed by atoms with E-state index in [1.807, 2.05) is 0 Å². The Bertz CT molecular complexity index is 274. The van der Waals surface area contributed by atoms with Crippen LogP contribution in [-0.4, -0.2) is 24.3 Å². The highest BCUT2D eigenvalue weighted by atomic mass is 16.5. The lowest BCUT2D eigenvalue weighted by Crippen LogP contribution is -2.62. The van der Waals surface area contributed by atoms with Crippen LogP contribution in [0.15, 0.2) is 0 Å². The first kappa shape index (κ1) is 11.0. The lowest BCUT2D eigenvalue weighted by atomic mass is 9.80. The minimum atomic E-state index is 0.128. The fourth-order valence-corrected chi connectivity index (χ4v) is 4.38. The minimum absolute atomic E-state index is 0.128. The van der Waals surface area contributed by atoms with Gasteiger partial charge < -0.3 is 10.1 Å². The summed E-state index contributed by atoms with van der Waals surface area (Å²) in [5.41, 5.74) is 0.343. The highest BCUT2D eigenvalue weighted by molar-refractivity contribution is 5.07. The number of hydrogen-bond acceptors (Lipinski definition) is 2. The van der Waals surface area contributed by atoms with E-state index in [1.165, 1.54) is 25.7 Å². The second-order valence-corrected chi connectivity index (χ2v) is 6.24. The molecule has 1 saturated heterocycles. The average molecular weight is 223 g/mol. The molecule has 1 aliphatic heterocycles. The highest BCUT2D eigenvalue weighted by Gasteiger charge is 2.56. The molecule has 0 radical (unpaired) electrons. The van der Waals surface area contributed by atoms with E-state index < -0.39 is 0 Å². The van der Waals surface area contributed by atoms with Crippen LogP contribution in [-0.2, 0) is 4.74 Å². The lowest BCUT2D eigenvalue weighted by molar-refractivity contribution is -0.202. The Kier molecular flexibility index (Phi) is 2.56. The molecule has 0 aromatic heterocycles. The zero-order valence-corrected chi connectivity index (χ0v) is 10.7. The topological polar surface area (TPSA) is 21.3 Å². The van der Waals surface area contributed by atoms with Crippen molar-refractivity contribution in [2.24, 2.45) is 11.8 Å². The maximum atomic E-state index is 6.69. The number of rotatable bonds is 2. The van der Waals surface area contributed by atoms with Crippen molar-refractivity contribution in [2.45, 2.75) is 63.6 Å². The highest BCUT2D eigenvalue weighted by Crippen LogP contribution is 2.54. The Morgan fingerprint density at radius 2 is 2.00 bits per heavy atom. The van der Waals surface area contributed by atoms with Crippen LogP contribution in [0.2, 0.25) is 0 Å². The third-order valence-corrected chi connectivity index (χ3v) is 5.50. The van der Waals surface area contributed by atoms with Crippen molar-refractivity contribution in [1.82, 2.24) is 5.32 Å². The van der Waals surface area contributed by atoms with Crippen molar-refractivity contribution in [3.05, 3.63) is 0 Å². The van der Waals surface area contributed by atoms with Crippen molar-refractivity contribution < 1.29 is 4.74 Å². The molecule has 3 rings (SSSR count). The molecule has 2 heteroatoms. The molecule has 3 atom stereocenters. The monoisotopic (exact) mass is 223 g/mol. The van der Waals surface area contributed by atoms with E-state index in [1.54, 1.807) is 0 Å². The number of fused-ring (bicyclic) bond motifs is 3. The van der Waals surface area contributed by atoms with Gasteiger partial charge in [-0.3, -0.25) is 0 Å². The molecule has 1 heterocycles. The molecule has 1 spiro atoms. The summed E-state index contributed by atoms with van der Waals surface area (Å²) in [6.07, 6.45) is 7.93. The first-order valence-corrected chi connectivity index (χ1v) is 7.13. The van der Waals surface area contributed by atoms with E-state index in [-0.39, 0.29) is 11.2 Å². The van der Waals surface area contributed by atoms with Gasteiger partial charge in [-0.05, 0) is 50.4 Å². The van der Waals surface area contributed by atoms with Crippen LogP contribution in [0.25, 0.3) is 0 Å². The fourth-order valence-electron chi connectivity index (χ4n) is 4.38. The quantitative estimate of drug-likeness (QED) is 0.777. The molecule has 92 valence electrons. The largest absolute Gasteiger partial charge is 0.366 e. The Morgan fingerprint density at radius 3 is 2.56 bits per heavy atom. The summed E-state index contributed by atoms with van der Waals surface area (Å²) in [5.74, 6) is 1.82. The van der Waals surface area contributed by atoms with Crippen LogP contribution in [0.5, 0.6) is 0 Å². The molecule has 0 amide bonds. The maximum absolute atomic E-state index is 6.69. The van der Waals surface area contributed by atoms with Gasteiger partial charge in [-0.15, -0.1) is 0 Å². The van der Waals surface area contributed by atoms with Gasteiger partial charge in [0, 0.05) is 13.1 Å². The first-order valence-electron chi connectivity index (χ1n) is 7.13. The summed E-state index contributed by atoms with van der Waals surface area (Å²) in [7, 11) is 0. The molecule has 16 heavy (non-hydrogen) atoms. The molecular formula is C14H25NO. The second-order valence-electron chi connectivity index (χ2n) is 6.24. The van der Waals surface area contributed by atoms with Gasteiger partial charge in [-0.2, -0.15) is 0 Å². The second kappa shape index (κ2) is 3.71. The number of morpholine rings is 1. The van der Waals surface area contributed by atoms with Crippen LogP contribution >= 0.6 is 0 Å². The van der Waals surface area contributed by atoms with Crippen LogP contribution in [0, 0.1) is 11.8 Å². The smallest absolute Gasteiger partial charge is 0.0845 e. The summed E-state index contributed by atoms with van der Waals surface area (Å²) >= 11 is 0. The van der Waals surface area contributed by atoms with Crippen LogP contribution in [0.4, 0.5) is 0 Å². The molecule has 2 bridgehead atoms. The van der Waals surface area contributed by atoms with E-state index in [9.17, 15) is 0 Å². The SMILES string of the molecule is CCC1(CC)CNCC2(CC3CCC2C3)O1. The molecule has 2 saturated carbocycles. The predicted octanol–water partition coefficient (Wildman–Crippen LogP) is 2.72. The van der Waals surface area contributed by atoms with Crippen molar-refractivity contribution in [3.63, 3.8) is 0 Å². The Labute approximate surface area is 99.1 Å². The molecule has 2 nitrogen and oxygen atoms in total. The Hall–Kier alpha value is -0.0800. The van der Waals surface area contributed by atoms with Gasteiger partial charge >= 0.3 is 0 Å². The number of nitrogens with one attached hydrogen (secondary N) is 1.